The number of rotatable bonds is 1. The second kappa shape index (κ2) is 2.91. The molecule has 1 atom stereocenters. The second-order valence-electron chi connectivity index (χ2n) is 4.83. The molecule has 2 aromatic heterocycles. The van der Waals surface area contributed by atoms with Crippen LogP contribution in [0.5, 0.6) is 0 Å². The summed E-state index contributed by atoms with van der Waals surface area (Å²) >= 11 is 0. The third kappa shape index (κ3) is 1.07. The summed E-state index contributed by atoms with van der Waals surface area (Å²) in [5.74, 6) is 0.775. The molecule has 2 aliphatic rings. The van der Waals surface area contributed by atoms with Gasteiger partial charge in [-0.2, -0.15) is 0 Å². The molecular formula is C14H14N2. The van der Waals surface area contributed by atoms with E-state index >= 15 is 0 Å². The summed E-state index contributed by atoms with van der Waals surface area (Å²) in [5.41, 5.74) is 4.23. The van der Waals surface area contributed by atoms with Gasteiger partial charge in [-0.1, -0.05) is 6.07 Å². The maximum Gasteiger partial charge on any atom is 0.0456 e. The van der Waals surface area contributed by atoms with E-state index in [1.54, 1.807) is 0 Å². The molecule has 2 nitrogen and oxygen atoms in total. The van der Waals surface area contributed by atoms with E-state index in [4.69, 9.17) is 0 Å². The Bertz CT molecular complexity index is 546. The van der Waals surface area contributed by atoms with Crippen molar-refractivity contribution < 1.29 is 0 Å². The minimum absolute atomic E-state index is 0.775. The third-order valence-corrected chi connectivity index (χ3v) is 3.82. The maximum absolute atomic E-state index is 2.45. The summed E-state index contributed by atoms with van der Waals surface area (Å²) in [6.07, 6.45) is 8.05. The smallest absolute Gasteiger partial charge is 0.0456 e. The van der Waals surface area contributed by atoms with E-state index in [1.165, 1.54) is 36.2 Å². The van der Waals surface area contributed by atoms with Crippen molar-refractivity contribution in [1.29, 1.82) is 0 Å². The van der Waals surface area contributed by atoms with Gasteiger partial charge in [-0.25, -0.2) is 0 Å². The van der Waals surface area contributed by atoms with E-state index < -0.39 is 0 Å². The molecule has 4 rings (SSSR count). The summed E-state index contributed by atoms with van der Waals surface area (Å²) in [4.78, 5) is 2.45. The molecule has 4 heterocycles. The molecular weight excluding hydrogens is 196 g/mol. The molecule has 2 heteroatoms. The number of fused-ring (bicyclic) bond motifs is 3. The monoisotopic (exact) mass is 210 g/mol. The fourth-order valence-electron chi connectivity index (χ4n) is 2.98. The lowest BCUT2D eigenvalue weighted by atomic mass is 9.95. The predicted molar refractivity (Wildman–Crippen MR) is 65.1 cm³/mol. The number of pyridine rings is 1. The number of aromatic nitrogens is 1. The highest BCUT2D eigenvalue weighted by Crippen LogP contribution is 2.38. The van der Waals surface area contributed by atoms with Gasteiger partial charge in [0.25, 0.3) is 0 Å². The Morgan fingerprint density at radius 2 is 2.25 bits per heavy atom. The lowest BCUT2D eigenvalue weighted by Gasteiger charge is -2.11. The first-order valence-corrected chi connectivity index (χ1v) is 5.93. The van der Waals surface area contributed by atoms with Crippen LogP contribution in [0.25, 0.3) is 11.1 Å². The van der Waals surface area contributed by atoms with Crippen LogP contribution in [0.2, 0.25) is 0 Å². The van der Waals surface area contributed by atoms with Gasteiger partial charge >= 0.3 is 0 Å². The highest BCUT2D eigenvalue weighted by atomic mass is 15.2. The van der Waals surface area contributed by atoms with E-state index in [1.807, 2.05) is 0 Å². The van der Waals surface area contributed by atoms with Crippen LogP contribution < -0.4 is 0 Å². The van der Waals surface area contributed by atoms with Crippen LogP contribution in [0.4, 0.5) is 0 Å². The molecule has 0 saturated carbocycles. The lowest BCUT2D eigenvalue weighted by Crippen LogP contribution is -2.07. The van der Waals surface area contributed by atoms with Crippen LogP contribution in [0.3, 0.4) is 0 Å². The Morgan fingerprint density at radius 1 is 1.25 bits per heavy atom. The first-order chi connectivity index (χ1) is 7.90. The van der Waals surface area contributed by atoms with Gasteiger partial charge in [0.05, 0.1) is 0 Å². The zero-order valence-electron chi connectivity index (χ0n) is 9.13. The molecule has 0 radical (unpaired) electrons. The molecule has 0 N–H and O–H groups in total. The van der Waals surface area contributed by atoms with Crippen molar-refractivity contribution in [3.8, 4) is 0 Å². The van der Waals surface area contributed by atoms with Crippen molar-refractivity contribution in [3.05, 3.63) is 48.4 Å². The van der Waals surface area contributed by atoms with Gasteiger partial charge in [0.2, 0.25) is 0 Å². The van der Waals surface area contributed by atoms with E-state index in [0.29, 0.717) is 0 Å². The number of nitrogens with zero attached hydrogens (tertiary/aromatic N) is 2. The lowest BCUT2D eigenvalue weighted by molar-refractivity contribution is 0.479. The summed E-state index contributed by atoms with van der Waals surface area (Å²) in [5, 5.41) is 0. The van der Waals surface area contributed by atoms with Gasteiger partial charge in [0.1, 0.15) is 0 Å². The molecule has 1 saturated heterocycles. The molecule has 1 unspecified atom stereocenters. The summed E-state index contributed by atoms with van der Waals surface area (Å²) in [7, 11) is 0. The predicted octanol–water partition coefficient (Wildman–Crippen LogP) is 2.62. The van der Waals surface area contributed by atoms with Crippen molar-refractivity contribution in [2.75, 3.05) is 13.1 Å². The van der Waals surface area contributed by atoms with Gasteiger partial charge < -0.3 is 9.30 Å². The van der Waals surface area contributed by atoms with E-state index in [-0.39, 0.29) is 0 Å². The molecule has 16 heavy (non-hydrogen) atoms. The van der Waals surface area contributed by atoms with Crippen LogP contribution in [-0.4, -0.2) is 22.4 Å². The average molecular weight is 210 g/mol. The summed E-state index contributed by atoms with van der Waals surface area (Å²) in [6, 6.07) is 8.64. The second-order valence-corrected chi connectivity index (χ2v) is 4.83. The van der Waals surface area contributed by atoms with E-state index in [2.05, 4.69) is 52.2 Å². The largest absolute Gasteiger partial charge is 0.376 e. The van der Waals surface area contributed by atoms with Crippen molar-refractivity contribution in [3.63, 3.8) is 0 Å². The Morgan fingerprint density at radius 3 is 3.00 bits per heavy atom. The molecule has 0 spiro atoms. The normalized spacial score (nSPS) is 23.1. The molecule has 0 aromatic carbocycles. The third-order valence-electron chi connectivity index (χ3n) is 3.82. The average Bonchev–Trinajstić information content (AvgIpc) is 3.02. The molecule has 80 valence electrons. The van der Waals surface area contributed by atoms with Gasteiger partial charge in [-0.15, -0.1) is 0 Å². The fraction of sp³-hybridized carbons (Fsp3) is 0.286. The number of hydrogen-bond acceptors (Lipinski definition) is 1. The zero-order valence-corrected chi connectivity index (χ0v) is 9.13. The summed E-state index contributed by atoms with van der Waals surface area (Å²) < 4.78 is 2.21. The number of hydrogen-bond donors (Lipinski definition) is 0. The first-order valence-electron chi connectivity index (χ1n) is 5.93. The Labute approximate surface area is 94.8 Å². The quantitative estimate of drug-likeness (QED) is 0.702. The van der Waals surface area contributed by atoms with Crippen molar-refractivity contribution in [2.24, 2.45) is 5.92 Å². The van der Waals surface area contributed by atoms with Crippen LogP contribution in [-0.2, 0) is 0 Å². The van der Waals surface area contributed by atoms with Gasteiger partial charge in [-0.05, 0) is 35.8 Å². The maximum atomic E-state index is 2.45. The highest BCUT2D eigenvalue weighted by molar-refractivity contribution is 5.73. The molecule has 1 fully saturated rings. The Kier molecular flexibility index (Phi) is 1.54. The summed E-state index contributed by atoms with van der Waals surface area (Å²) in [6.45, 7) is 2.49. The van der Waals surface area contributed by atoms with Gasteiger partial charge in [-0.3, -0.25) is 0 Å². The topological polar surface area (TPSA) is 7.65 Å². The molecule has 2 bridgehead atoms. The van der Waals surface area contributed by atoms with Crippen LogP contribution in [0, 0.1) is 5.92 Å². The highest BCUT2D eigenvalue weighted by Gasteiger charge is 2.31. The van der Waals surface area contributed by atoms with E-state index in [9.17, 15) is 0 Å². The van der Waals surface area contributed by atoms with Gasteiger partial charge in [0, 0.05) is 43.1 Å². The van der Waals surface area contributed by atoms with Crippen LogP contribution in [0.1, 0.15) is 12.0 Å². The molecule has 2 aromatic rings. The van der Waals surface area contributed by atoms with Crippen LogP contribution in [0.15, 0.2) is 42.9 Å². The van der Waals surface area contributed by atoms with Crippen LogP contribution >= 0.6 is 0 Å². The fourth-order valence-corrected chi connectivity index (χ4v) is 2.98. The Hall–Kier alpha value is -1.70. The van der Waals surface area contributed by atoms with Gasteiger partial charge in [0.15, 0.2) is 0 Å². The Balaban J connectivity index is 1.85. The van der Waals surface area contributed by atoms with Crippen molar-refractivity contribution in [2.45, 2.75) is 6.42 Å². The SMILES string of the molecule is C1=C(c2cc3ccccn3c2)C2CCN1C2. The van der Waals surface area contributed by atoms with E-state index in [0.717, 1.165) is 5.92 Å². The first kappa shape index (κ1) is 8.45. The molecule has 0 amide bonds. The molecule has 0 aliphatic carbocycles. The van der Waals surface area contributed by atoms with Crippen molar-refractivity contribution in [1.82, 2.24) is 9.30 Å². The molecule has 2 aliphatic heterocycles. The minimum Gasteiger partial charge on any atom is -0.376 e. The standard InChI is InChI=1S/C14H14N2/c1-2-5-16-9-12(7-13(16)3-1)14-10-15-6-4-11(14)8-15/h1-3,5,7,9-11H,4,6,8H2. The zero-order chi connectivity index (χ0) is 10.5. The minimum atomic E-state index is 0.775. The van der Waals surface area contributed by atoms with Crippen molar-refractivity contribution >= 4 is 11.1 Å².